The zero-order chi connectivity index (χ0) is 21.1. The first-order chi connectivity index (χ1) is 13.1. The van der Waals surface area contributed by atoms with Gasteiger partial charge in [0.05, 0.1) is 18.7 Å². The molecule has 8 heteroatoms. The molecule has 1 aliphatic heterocycles. The average Bonchev–Trinajstić information content (AvgIpc) is 3.01. The summed E-state index contributed by atoms with van der Waals surface area (Å²) < 4.78 is 5.26. The Morgan fingerprint density at radius 1 is 1.43 bits per heavy atom. The summed E-state index contributed by atoms with van der Waals surface area (Å²) in [6.07, 6.45) is 8.74. The van der Waals surface area contributed by atoms with E-state index in [1.807, 2.05) is 40.7 Å². The normalized spacial score (nSPS) is 24.1. The molecule has 152 valence electrons. The standard InChI is InChI=1S/C20H27N3O5/c1-7-8-22-11-16(24)23(19(22)26)12-27-18(25)17-15(20(17,5)6)9-14(4)10-21-28-13(2)3/h1,9-10,13,15,17H,8,11-12H2,2-6H3/b14-9+,21-10+/t15-,17+/m1/s1. The predicted molar refractivity (Wildman–Crippen MR) is 103 cm³/mol. The third-order valence-corrected chi connectivity index (χ3v) is 4.88. The van der Waals surface area contributed by atoms with Gasteiger partial charge in [0.2, 0.25) is 0 Å². The molecule has 1 saturated heterocycles. The molecule has 2 atom stereocenters. The third kappa shape index (κ3) is 4.71. The molecule has 1 aliphatic carbocycles. The molecule has 8 nitrogen and oxygen atoms in total. The molecular formula is C20H27N3O5. The second-order valence-electron chi connectivity index (χ2n) is 7.88. The number of allylic oxidation sites excluding steroid dienone is 2. The van der Waals surface area contributed by atoms with Crippen LogP contribution in [0, 0.1) is 29.6 Å². The molecule has 3 amide bonds. The van der Waals surface area contributed by atoms with Gasteiger partial charge in [-0.1, -0.05) is 31.0 Å². The van der Waals surface area contributed by atoms with Gasteiger partial charge in [0.15, 0.2) is 6.73 Å². The number of amides is 3. The van der Waals surface area contributed by atoms with E-state index in [2.05, 4.69) is 11.1 Å². The fraction of sp³-hybridized carbons (Fsp3) is 0.600. The third-order valence-electron chi connectivity index (χ3n) is 4.88. The Morgan fingerprint density at radius 3 is 2.71 bits per heavy atom. The van der Waals surface area contributed by atoms with Gasteiger partial charge in [-0.3, -0.25) is 9.59 Å². The number of imide groups is 1. The van der Waals surface area contributed by atoms with Crippen LogP contribution in [0.25, 0.3) is 0 Å². The van der Waals surface area contributed by atoms with Gasteiger partial charge in [-0.25, -0.2) is 9.69 Å². The molecule has 2 rings (SSSR count). The van der Waals surface area contributed by atoms with Gasteiger partial charge in [0.1, 0.15) is 12.6 Å². The van der Waals surface area contributed by atoms with Crippen LogP contribution in [0.15, 0.2) is 16.8 Å². The van der Waals surface area contributed by atoms with E-state index in [1.54, 1.807) is 6.21 Å². The summed E-state index contributed by atoms with van der Waals surface area (Å²) in [6, 6.07) is -0.542. The quantitative estimate of drug-likeness (QED) is 0.208. The van der Waals surface area contributed by atoms with Crippen molar-refractivity contribution in [3.05, 3.63) is 11.6 Å². The first kappa shape index (κ1) is 21.5. The van der Waals surface area contributed by atoms with Crippen LogP contribution >= 0.6 is 0 Å². The van der Waals surface area contributed by atoms with Gasteiger partial charge < -0.3 is 14.5 Å². The maximum absolute atomic E-state index is 12.5. The summed E-state index contributed by atoms with van der Waals surface area (Å²) in [7, 11) is 0. The highest BCUT2D eigenvalue weighted by molar-refractivity contribution is 6.02. The van der Waals surface area contributed by atoms with Crippen LogP contribution in [-0.4, -0.2) is 59.8 Å². The number of esters is 1. The van der Waals surface area contributed by atoms with Gasteiger partial charge in [-0.05, 0) is 37.7 Å². The summed E-state index contributed by atoms with van der Waals surface area (Å²) in [4.78, 5) is 43.8. The van der Waals surface area contributed by atoms with Gasteiger partial charge in [0, 0.05) is 0 Å². The number of terminal acetylenes is 1. The fourth-order valence-electron chi connectivity index (χ4n) is 3.17. The van der Waals surface area contributed by atoms with Gasteiger partial charge in [0.25, 0.3) is 5.91 Å². The van der Waals surface area contributed by atoms with Gasteiger partial charge >= 0.3 is 12.0 Å². The SMILES string of the molecule is C#CCN1CC(=O)N(COC(=O)[C@@H]2[C@@H](/C=C(C)/C=N/OC(C)C)C2(C)C)C1=O. The van der Waals surface area contributed by atoms with Crippen LogP contribution in [0.4, 0.5) is 4.79 Å². The second-order valence-corrected chi connectivity index (χ2v) is 7.88. The van der Waals surface area contributed by atoms with Crippen molar-refractivity contribution in [2.24, 2.45) is 22.4 Å². The van der Waals surface area contributed by atoms with E-state index in [9.17, 15) is 14.4 Å². The van der Waals surface area contributed by atoms with Crippen molar-refractivity contribution in [3.8, 4) is 12.3 Å². The zero-order valence-electron chi connectivity index (χ0n) is 17.0. The monoisotopic (exact) mass is 389 g/mol. The smallest absolute Gasteiger partial charge is 0.330 e. The minimum absolute atomic E-state index is 0.00305. The van der Waals surface area contributed by atoms with E-state index in [0.717, 1.165) is 10.5 Å². The lowest BCUT2D eigenvalue weighted by molar-refractivity contribution is -0.151. The van der Waals surface area contributed by atoms with Crippen LogP contribution in [0.5, 0.6) is 0 Å². The lowest BCUT2D eigenvalue weighted by atomic mass is 10.1. The van der Waals surface area contributed by atoms with E-state index in [4.69, 9.17) is 16.0 Å². The second kappa shape index (κ2) is 8.46. The number of rotatable bonds is 8. The minimum Gasteiger partial charge on any atom is -0.443 e. The van der Waals surface area contributed by atoms with Crippen LogP contribution in [0.1, 0.15) is 34.6 Å². The topological polar surface area (TPSA) is 88.5 Å². The number of urea groups is 1. The Hall–Kier alpha value is -2.82. The van der Waals surface area contributed by atoms with Crippen LogP contribution < -0.4 is 0 Å². The van der Waals surface area contributed by atoms with E-state index >= 15 is 0 Å². The molecule has 0 aromatic heterocycles. The van der Waals surface area contributed by atoms with Crippen molar-refractivity contribution in [1.29, 1.82) is 0 Å². The number of carbonyl (C=O) groups excluding carboxylic acids is 3. The molecule has 1 heterocycles. The van der Waals surface area contributed by atoms with E-state index in [1.165, 1.54) is 4.90 Å². The molecule has 1 saturated carbocycles. The molecule has 2 aliphatic rings. The molecule has 0 bridgehead atoms. The highest BCUT2D eigenvalue weighted by atomic mass is 16.6. The van der Waals surface area contributed by atoms with Crippen molar-refractivity contribution in [1.82, 2.24) is 9.80 Å². The van der Waals surface area contributed by atoms with Gasteiger partial charge in [-0.15, -0.1) is 6.42 Å². The summed E-state index contributed by atoms with van der Waals surface area (Å²) in [5, 5.41) is 3.89. The van der Waals surface area contributed by atoms with Crippen molar-refractivity contribution in [2.75, 3.05) is 19.8 Å². The highest BCUT2D eigenvalue weighted by Gasteiger charge is 2.61. The Balaban J connectivity index is 1.92. The number of hydrogen-bond acceptors (Lipinski definition) is 6. The number of hydrogen-bond donors (Lipinski definition) is 0. The maximum atomic E-state index is 12.5. The number of carbonyl (C=O) groups is 3. The largest absolute Gasteiger partial charge is 0.443 e. The summed E-state index contributed by atoms with van der Waals surface area (Å²) in [5.41, 5.74) is 0.600. The average molecular weight is 389 g/mol. The van der Waals surface area contributed by atoms with Crippen molar-refractivity contribution < 1.29 is 24.0 Å². The van der Waals surface area contributed by atoms with Crippen LogP contribution in [0.2, 0.25) is 0 Å². The van der Waals surface area contributed by atoms with Crippen molar-refractivity contribution in [2.45, 2.75) is 40.7 Å². The lowest BCUT2D eigenvalue weighted by Gasteiger charge is -2.15. The van der Waals surface area contributed by atoms with E-state index < -0.39 is 24.6 Å². The zero-order valence-corrected chi connectivity index (χ0v) is 17.0. The number of oxime groups is 1. The molecule has 28 heavy (non-hydrogen) atoms. The Labute approximate surface area is 165 Å². The predicted octanol–water partition coefficient (Wildman–Crippen LogP) is 2.01. The molecule has 0 aromatic rings. The van der Waals surface area contributed by atoms with E-state index in [0.29, 0.717) is 0 Å². The first-order valence-corrected chi connectivity index (χ1v) is 9.16. The first-order valence-electron chi connectivity index (χ1n) is 9.16. The van der Waals surface area contributed by atoms with Crippen LogP contribution in [0.3, 0.4) is 0 Å². The number of ether oxygens (including phenoxy) is 1. The molecule has 0 N–H and O–H groups in total. The Bertz CT molecular complexity index is 747. The summed E-state index contributed by atoms with van der Waals surface area (Å²) in [6.45, 7) is 9.12. The lowest BCUT2D eigenvalue weighted by Crippen LogP contribution is -2.36. The molecule has 0 aromatic carbocycles. The molecule has 2 fully saturated rings. The summed E-state index contributed by atoms with van der Waals surface area (Å²) in [5.74, 6) is 1.08. The molecule has 0 radical (unpaired) electrons. The van der Waals surface area contributed by atoms with E-state index in [-0.39, 0.29) is 36.4 Å². The molecule has 0 unspecified atom stereocenters. The number of nitrogens with zero attached hydrogens (tertiary/aromatic N) is 3. The molecular weight excluding hydrogens is 362 g/mol. The van der Waals surface area contributed by atoms with Crippen LogP contribution in [-0.2, 0) is 19.2 Å². The van der Waals surface area contributed by atoms with Crippen molar-refractivity contribution in [3.63, 3.8) is 0 Å². The Morgan fingerprint density at radius 2 is 2.11 bits per heavy atom. The minimum atomic E-state index is -0.542. The highest BCUT2D eigenvalue weighted by Crippen LogP contribution is 2.59. The van der Waals surface area contributed by atoms with Gasteiger partial charge in [-0.2, -0.15) is 0 Å². The van der Waals surface area contributed by atoms with Crippen molar-refractivity contribution >= 4 is 24.1 Å². The maximum Gasteiger partial charge on any atom is 0.330 e. The Kier molecular flexibility index (Phi) is 6.49. The fourth-order valence-corrected chi connectivity index (χ4v) is 3.17. The molecule has 0 spiro atoms. The summed E-state index contributed by atoms with van der Waals surface area (Å²) >= 11 is 0.